The maximum Gasteiger partial charge on any atom is 0.305 e. The SMILES string of the molecule is COc1ccc(C)cc1N(CCC(=O)O)C(=O)C1CCCO1. The van der Waals surface area contributed by atoms with Crippen LogP contribution in [0.3, 0.4) is 0 Å². The molecule has 1 saturated heterocycles. The van der Waals surface area contributed by atoms with Gasteiger partial charge in [-0.2, -0.15) is 0 Å². The Morgan fingerprint density at radius 2 is 2.23 bits per heavy atom. The topological polar surface area (TPSA) is 76.1 Å². The van der Waals surface area contributed by atoms with Crippen molar-refractivity contribution in [1.82, 2.24) is 0 Å². The van der Waals surface area contributed by atoms with Gasteiger partial charge in [-0.3, -0.25) is 9.59 Å². The average Bonchev–Trinajstić information content (AvgIpc) is 3.01. The third-order valence-electron chi connectivity index (χ3n) is 3.65. The van der Waals surface area contributed by atoms with Crippen LogP contribution in [-0.2, 0) is 14.3 Å². The van der Waals surface area contributed by atoms with E-state index in [4.69, 9.17) is 14.6 Å². The third kappa shape index (κ3) is 3.76. The highest BCUT2D eigenvalue weighted by molar-refractivity contribution is 5.98. The summed E-state index contributed by atoms with van der Waals surface area (Å²) in [5, 5.41) is 8.94. The van der Waals surface area contributed by atoms with Crippen LogP contribution in [0.4, 0.5) is 5.69 Å². The van der Waals surface area contributed by atoms with Crippen LogP contribution in [0.25, 0.3) is 0 Å². The number of aryl methyl sites for hydroxylation is 1. The van der Waals surface area contributed by atoms with Gasteiger partial charge < -0.3 is 19.5 Å². The Balaban J connectivity index is 2.32. The number of amides is 1. The molecule has 6 nitrogen and oxygen atoms in total. The van der Waals surface area contributed by atoms with Gasteiger partial charge >= 0.3 is 5.97 Å². The van der Waals surface area contributed by atoms with Gasteiger partial charge in [0.15, 0.2) is 0 Å². The fraction of sp³-hybridized carbons (Fsp3) is 0.500. The van der Waals surface area contributed by atoms with Crippen molar-refractivity contribution >= 4 is 17.6 Å². The summed E-state index contributed by atoms with van der Waals surface area (Å²) in [6.07, 6.45) is 0.874. The van der Waals surface area contributed by atoms with Gasteiger partial charge in [-0.1, -0.05) is 6.07 Å². The van der Waals surface area contributed by atoms with Crippen molar-refractivity contribution in [3.05, 3.63) is 23.8 Å². The number of carboxylic acid groups (broad SMARTS) is 1. The molecule has 0 aromatic heterocycles. The van der Waals surface area contributed by atoms with Crippen molar-refractivity contribution in [2.75, 3.05) is 25.2 Å². The number of benzene rings is 1. The van der Waals surface area contributed by atoms with Crippen molar-refractivity contribution in [2.45, 2.75) is 32.3 Å². The predicted molar refractivity (Wildman–Crippen MR) is 81.3 cm³/mol. The lowest BCUT2D eigenvalue weighted by Gasteiger charge is -2.26. The third-order valence-corrected chi connectivity index (χ3v) is 3.65. The molecule has 0 saturated carbocycles. The van der Waals surface area contributed by atoms with Gasteiger partial charge in [0.05, 0.1) is 19.2 Å². The van der Waals surface area contributed by atoms with E-state index < -0.39 is 12.1 Å². The van der Waals surface area contributed by atoms with E-state index in [2.05, 4.69) is 0 Å². The standard InChI is InChI=1S/C16H21NO5/c1-11-5-6-13(21-2)12(10-11)17(8-7-15(18)19)16(20)14-4-3-9-22-14/h5-6,10,14H,3-4,7-9H2,1-2H3,(H,18,19). The van der Waals surface area contributed by atoms with Crippen LogP contribution in [0.15, 0.2) is 18.2 Å². The Morgan fingerprint density at radius 1 is 1.45 bits per heavy atom. The lowest BCUT2D eigenvalue weighted by Crippen LogP contribution is -2.40. The molecular weight excluding hydrogens is 286 g/mol. The summed E-state index contributed by atoms with van der Waals surface area (Å²) in [7, 11) is 1.53. The molecule has 1 unspecified atom stereocenters. The summed E-state index contributed by atoms with van der Waals surface area (Å²) in [4.78, 5) is 25.1. The minimum atomic E-state index is -0.947. The summed E-state index contributed by atoms with van der Waals surface area (Å²) in [6, 6.07) is 5.49. The zero-order chi connectivity index (χ0) is 16.1. The minimum absolute atomic E-state index is 0.0911. The van der Waals surface area contributed by atoms with E-state index in [1.165, 1.54) is 12.0 Å². The molecule has 1 aromatic rings. The first kappa shape index (κ1) is 16.3. The molecule has 1 atom stereocenters. The van der Waals surface area contributed by atoms with Gasteiger partial charge in [-0.05, 0) is 37.5 Å². The van der Waals surface area contributed by atoms with E-state index in [1.54, 1.807) is 6.07 Å². The Kier molecular flexibility index (Phi) is 5.38. The highest BCUT2D eigenvalue weighted by Gasteiger charge is 2.30. The van der Waals surface area contributed by atoms with Gasteiger partial charge in [0.25, 0.3) is 5.91 Å². The number of carbonyl (C=O) groups excluding carboxylic acids is 1. The van der Waals surface area contributed by atoms with Crippen LogP contribution >= 0.6 is 0 Å². The number of hydrogen-bond donors (Lipinski definition) is 1. The van der Waals surface area contributed by atoms with Gasteiger partial charge in [0, 0.05) is 13.2 Å². The van der Waals surface area contributed by atoms with Crippen LogP contribution < -0.4 is 9.64 Å². The van der Waals surface area contributed by atoms with Crippen LogP contribution in [0.5, 0.6) is 5.75 Å². The average molecular weight is 307 g/mol. The maximum absolute atomic E-state index is 12.7. The normalized spacial score (nSPS) is 17.3. The largest absolute Gasteiger partial charge is 0.495 e. The minimum Gasteiger partial charge on any atom is -0.495 e. The summed E-state index contributed by atoms with van der Waals surface area (Å²) < 4.78 is 10.8. The van der Waals surface area contributed by atoms with Crippen LogP contribution in [-0.4, -0.2) is 43.3 Å². The number of carbonyl (C=O) groups is 2. The van der Waals surface area contributed by atoms with E-state index in [0.717, 1.165) is 12.0 Å². The fourth-order valence-electron chi connectivity index (χ4n) is 2.51. The molecule has 22 heavy (non-hydrogen) atoms. The van der Waals surface area contributed by atoms with E-state index in [0.29, 0.717) is 24.5 Å². The van der Waals surface area contributed by atoms with Crippen LogP contribution in [0, 0.1) is 6.92 Å². The smallest absolute Gasteiger partial charge is 0.305 e. The van der Waals surface area contributed by atoms with Gasteiger partial charge in [-0.25, -0.2) is 0 Å². The molecule has 120 valence electrons. The first-order valence-electron chi connectivity index (χ1n) is 7.32. The molecule has 1 aliphatic rings. The van der Waals surface area contributed by atoms with Crippen molar-refractivity contribution in [3.63, 3.8) is 0 Å². The highest BCUT2D eigenvalue weighted by atomic mass is 16.5. The van der Waals surface area contributed by atoms with E-state index in [1.807, 2.05) is 19.1 Å². The van der Waals surface area contributed by atoms with Gasteiger partial charge in [-0.15, -0.1) is 0 Å². The molecule has 2 rings (SSSR count). The second-order valence-corrected chi connectivity index (χ2v) is 5.31. The lowest BCUT2D eigenvalue weighted by molar-refractivity contribution is -0.136. The van der Waals surface area contributed by atoms with Crippen LogP contribution in [0.2, 0.25) is 0 Å². The number of hydrogen-bond acceptors (Lipinski definition) is 4. The zero-order valence-corrected chi connectivity index (χ0v) is 12.9. The van der Waals surface area contributed by atoms with E-state index in [-0.39, 0.29) is 18.9 Å². The summed E-state index contributed by atoms with van der Waals surface area (Å²) >= 11 is 0. The molecule has 0 aliphatic carbocycles. The molecule has 1 heterocycles. The number of methoxy groups -OCH3 is 1. The molecule has 1 amide bonds. The number of nitrogens with zero attached hydrogens (tertiary/aromatic N) is 1. The van der Waals surface area contributed by atoms with Gasteiger partial charge in [0.1, 0.15) is 11.9 Å². The van der Waals surface area contributed by atoms with Crippen molar-refractivity contribution in [3.8, 4) is 5.75 Å². The Morgan fingerprint density at radius 3 is 2.82 bits per heavy atom. The Hall–Kier alpha value is -2.08. The molecule has 0 bridgehead atoms. The van der Waals surface area contributed by atoms with Crippen molar-refractivity contribution in [2.24, 2.45) is 0 Å². The summed E-state index contributed by atoms with van der Waals surface area (Å²) in [6.45, 7) is 2.57. The fourth-order valence-corrected chi connectivity index (χ4v) is 2.51. The molecule has 6 heteroatoms. The predicted octanol–water partition coefficient (Wildman–Crippen LogP) is 1.99. The molecule has 1 N–H and O–H groups in total. The Bertz CT molecular complexity index is 551. The van der Waals surface area contributed by atoms with Crippen molar-refractivity contribution in [1.29, 1.82) is 0 Å². The molecule has 0 spiro atoms. The molecular formula is C16H21NO5. The number of anilines is 1. The van der Waals surface area contributed by atoms with Gasteiger partial charge in [0.2, 0.25) is 0 Å². The van der Waals surface area contributed by atoms with Crippen molar-refractivity contribution < 1.29 is 24.2 Å². The summed E-state index contributed by atoms with van der Waals surface area (Å²) in [5.74, 6) is -0.609. The number of rotatable bonds is 6. The second kappa shape index (κ2) is 7.26. The zero-order valence-electron chi connectivity index (χ0n) is 12.9. The quantitative estimate of drug-likeness (QED) is 0.870. The van der Waals surface area contributed by atoms with Crippen LogP contribution in [0.1, 0.15) is 24.8 Å². The monoisotopic (exact) mass is 307 g/mol. The molecule has 0 radical (unpaired) electrons. The van der Waals surface area contributed by atoms with E-state index >= 15 is 0 Å². The number of ether oxygens (including phenoxy) is 2. The first-order valence-corrected chi connectivity index (χ1v) is 7.32. The number of carboxylic acids is 1. The Labute approximate surface area is 129 Å². The number of aliphatic carboxylic acids is 1. The molecule has 1 aliphatic heterocycles. The summed E-state index contributed by atoms with van der Waals surface area (Å²) in [5.41, 5.74) is 1.56. The van der Waals surface area contributed by atoms with E-state index in [9.17, 15) is 9.59 Å². The first-order chi connectivity index (χ1) is 10.5. The highest BCUT2D eigenvalue weighted by Crippen LogP contribution is 2.31. The lowest BCUT2D eigenvalue weighted by atomic mass is 10.1. The molecule has 1 fully saturated rings. The second-order valence-electron chi connectivity index (χ2n) is 5.31. The maximum atomic E-state index is 12.7. The molecule has 1 aromatic carbocycles.